The van der Waals surface area contributed by atoms with E-state index in [2.05, 4.69) is 41.5 Å². The Hall–Kier alpha value is -6.55. The average molecular weight is 1730 g/mol. The topological polar surface area (TPSA) is 555 Å². The van der Waals surface area contributed by atoms with Crippen LogP contribution in [-0.4, -0.2) is 223 Å². The van der Waals surface area contributed by atoms with E-state index in [1.54, 1.807) is 166 Å². The molecule has 0 saturated carbocycles. The van der Waals surface area contributed by atoms with Crippen LogP contribution in [0.1, 0.15) is 243 Å². The molecule has 42 heteroatoms. The summed E-state index contributed by atoms with van der Waals surface area (Å²) in [4.78, 5) is 139. The van der Waals surface area contributed by atoms with Crippen LogP contribution in [0.3, 0.4) is 0 Å². The van der Waals surface area contributed by atoms with Gasteiger partial charge in [-0.25, -0.2) is 52.8 Å². The lowest BCUT2D eigenvalue weighted by atomic mass is 10.1. The van der Waals surface area contributed by atoms with Crippen molar-refractivity contribution in [3.05, 3.63) is 0 Å². The van der Waals surface area contributed by atoms with Crippen LogP contribution in [0.5, 0.6) is 0 Å². The third-order valence-electron chi connectivity index (χ3n) is 10.9. The SMILES string of the molecule is CC(C)(C)OC(=O)NCCCC[C@H](NC(=O)OC(C)(C)C)C(=O)O.CC(C)(C)OC(=O)NCCCC[C@H](NC(=O)OC(C)(C)C)C(=O)OCCNC(=O)OC(C)(C)C.CC(C)(C)OC(=O)NCCO.CC(C)(C)OC(=O)OC(=O)OC(C)(C)C.Cl.NCCCC[C@H](N)C(=O)O.NCCOC(=O)[C@@H](N)CCCCNCl.[Cl-].[Cl-].[Cl-]. The summed E-state index contributed by atoms with van der Waals surface area (Å²) in [6.45, 7) is 44.2. The molecule has 0 aromatic rings. The second kappa shape index (κ2) is 66.7. The molecule has 37 nitrogen and oxygen atoms in total. The minimum atomic E-state index is -1.12. The monoisotopic (exact) mass is 1720 g/mol. The summed E-state index contributed by atoms with van der Waals surface area (Å²) < 4.78 is 54.3. The molecule has 0 unspecified atom stereocenters. The highest BCUT2D eigenvalue weighted by atomic mass is 35.5. The fourth-order valence-electron chi connectivity index (χ4n) is 6.74. The first-order valence-corrected chi connectivity index (χ1v) is 36.1. The molecule has 18 N–H and O–H groups in total. The Bertz CT molecular complexity index is 2570. The number of aliphatic carboxylic acids is 2. The Kier molecular flexibility index (Phi) is 75.2. The zero-order valence-corrected chi connectivity index (χ0v) is 74.2. The van der Waals surface area contributed by atoms with Crippen molar-refractivity contribution in [1.29, 1.82) is 0 Å². The number of hydrogen-bond acceptors (Lipinski definition) is 29. The molecule has 0 heterocycles. The van der Waals surface area contributed by atoms with Gasteiger partial charge in [0.2, 0.25) is 0 Å². The Balaban J connectivity index is -0.000000146. The molecule has 0 aliphatic rings. The molecule has 0 fully saturated rings. The molecule has 0 bridgehead atoms. The molecule has 0 rings (SSSR count). The number of alkyl carbamates (subject to hydrolysis) is 6. The number of ether oxygens (including phenoxy) is 11. The number of aliphatic hydroxyl groups excluding tert-OH is 1. The third kappa shape index (κ3) is 101. The smallest absolute Gasteiger partial charge is 0.519 e. The van der Waals surface area contributed by atoms with Crippen molar-refractivity contribution in [2.45, 2.75) is 312 Å². The van der Waals surface area contributed by atoms with Crippen LogP contribution in [0.15, 0.2) is 0 Å². The van der Waals surface area contributed by atoms with E-state index in [4.69, 9.17) is 97.4 Å². The third-order valence-corrected chi connectivity index (χ3v) is 11.1. The van der Waals surface area contributed by atoms with E-state index in [1.165, 1.54) is 0 Å². The molecule has 0 aliphatic carbocycles. The normalized spacial score (nSPS) is 12.0. The number of nitrogens with one attached hydrogen (secondary N) is 7. The number of rotatable bonds is 32. The predicted octanol–water partition coefficient (Wildman–Crippen LogP) is 0.369. The summed E-state index contributed by atoms with van der Waals surface area (Å²) in [5.74, 6) is -3.09. The summed E-state index contributed by atoms with van der Waals surface area (Å²) in [7, 11) is 0. The summed E-state index contributed by atoms with van der Waals surface area (Å²) in [5, 5.41) is 40.8. The van der Waals surface area contributed by atoms with Gasteiger partial charge in [-0.3, -0.25) is 9.59 Å². The van der Waals surface area contributed by atoms with Crippen molar-refractivity contribution in [2.75, 3.05) is 65.6 Å². The molecule has 0 radical (unpaired) electrons. The quantitative estimate of drug-likeness (QED) is 0.0142. The largest absolute Gasteiger partial charge is 1.00 e. The van der Waals surface area contributed by atoms with Crippen molar-refractivity contribution in [3.8, 4) is 0 Å². The standard InChI is InChI=1S/C23H43N3O8.C16H30N2O6.C10H18O5.C8H18ClN3O2.C7H15NO3.C6H14N2O2.4ClH/c1-21(2,3)32-18(28)24-13-11-10-12-16(26-20(30)34-23(7,8)9)17(27)31-15-14-25-19(29)33-22(4,5)6;1-15(2,3)23-13(21)17-10-8-7-9-11(12(19)20)18-14(22)24-16(4,5)6;1-9(2,3)14-7(11)13-8(12)15-10(4,5)6;9-12-5-2-1-3-7(11)8(13)14-6-4-10;1-7(2,3)11-6(10)8-4-5-9;7-4-2-1-3-5(8)6(9)10;;;;/h16H,10-15H2,1-9H3,(H,24,28)(H,25,29)(H,26,30);11H,7-10H2,1-6H3,(H,17,21)(H,18,22)(H,19,20);1-6H3;7,12H,1-6,10-11H2;9H,4-5H2,1-3H3,(H,8,10);5H,1-4,7-8H2,(H,9,10);4*1H/p-3/t16-;11-;;7-;;5-;;;;/m00.0.0..../s1. The van der Waals surface area contributed by atoms with Crippen molar-refractivity contribution in [3.63, 3.8) is 0 Å². The molecule has 0 spiro atoms. The number of carbonyl (C=O) groups excluding carboxylic acids is 10. The number of carbonyl (C=O) groups is 12. The van der Waals surface area contributed by atoms with E-state index in [9.17, 15) is 57.5 Å². The van der Waals surface area contributed by atoms with Gasteiger partial charge in [-0.2, -0.15) is 0 Å². The molecule has 6 amide bonds. The van der Waals surface area contributed by atoms with E-state index in [-0.39, 0.29) is 101 Å². The predicted molar refractivity (Wildman–Crippen MR) is 412 cm³/mol. The van der Waals surface area contributed by atoms with E-state index < -0.39 is 136 Å². The van der Waals surface area contributed by atoms with Gasteiger partial charge >= 0.3 is 72.7 Å². The lowest BCUT2D eigenvalue weighted by molar-refractivity contribution is -0.146. The second-order valence-corrected chi connectivity index (χ2v) is 31.8. The molecule has 4 atom stereocenters. The van der Waals surface area contributed by atoms with E-state index in [0.29, 0.717) is 71.2 Å². The number of amides is 6. The van der Waals surface area contributed by atoms with E-state index >= 15 is 0 Å². The van der Waals surface area contributed by atoms with E-state index in [1.807, 2.05) is 0 Å². The molecular formula is C70H139Cl5N11O26-3. The lowest BCUT2D eigenvalue weighted by Gasteiger charge is -2.23. The minimum Gasteiger partial charge on any atom is -1.00 e. The first kappa shape index (κ1) is 126. The maximum absolute atomic E-state index is 12.5. The summed E-state index contributed by atoms with van der Waals surface area (Å²) in [5.41, 5.74) is 16.1. The minimum absolute atomic E-state index is 0. The van der Waals surface area contributed by atoms with Crippen LogP contribution < -0.4 is 96.9 Å². The maximum atomic E-state index is 12.5. The summed E-state index contributed by atoms with van der Waals surface area (Å²) in [6.07, 6.45) is 1.41. The number of esters is 2. The van der Waals surface area contributed by atoms with Crippen LogP contribution in [0.2, 0.25) is 0 Å². The average Bonchev–Trinajstić information content (AvgIpc) is 0.904. The fraction of sp³-hybridized carbons (Fsp3) is 0.829. The number of halogens is 5. The van der Waals surface area contributed by atoms with Crippen molar-refractivity contribution < 1.29 is 162 Å². The van der Waals surface area contributed by atoms with Crippen LogP contribution in [0.4, 0.5) is 38.4 Å². The van der Waals surface area contributed by atoms with Crippen molar-refractivity contribution >= 4 is 96.9 Å². The Morgan fingerprint density at radius 1 is 0.348 bits per heavy atom. The van der Waals surface area contributed by atoms with Crippen molar-refractivity contribution in [1.82, 2.24) is 36.7 Å². The van der Waals surface area contributed by atoms with Gasteiger partial charge < -0.3 is 159 Å². The first-order valence-electron chi connectivity index (χ1n) is 35.7. The summed E-state index contributed by atoms with van der Waals surface area (Å²) in [6, 6.07) is -3.23. The second-order valence-electron chi connectivity index (χ2n) is 31.5. The Morgan fingerprint density at radius 3 is 0.964 bits per heavy atom. The van der Waals surface area contributed by atoms with Crippen LogP contribution in [0.25, 0.3) is 0 Å². The van der Waals surface area contributed by atoms with Crippen LogP contribution >= 0.6 is 24.2 Å². The number of aliphatic hydroxyl groups is 1. The highest BCUT2D eigenvalue weighted by molar-refractivity contribution is 6.13. The fourth-order valence-corrected chi connectivity index (χ4v) is 6.87. The number of hydrogen-bond donors (Lipinski definition) is 14. The van der Waals surface area contributed by atoms with Gasteiger partial charge in [0.1, 0.15) is 82.2 Å². The van der Waals surface area contributed by atoms with Gasteiger partial charge in [0, 0.05) is 32.7 Å². The molecule has 668 valence electrons. The number of unbranched alkanes of at least 4 members (excludes halogenated alkanes) is 4. The zero-order valence-electron chi connectivity index (χ0n) is 70.3. The zero-order chi connectivity index (χ0) is 85.5. The number of carboxylic acids is 2. The lowest BCUT2D eigenvalue weighted by Crippen LogP contribution is -3.00. The summed E-state index contributed by atoms with van der Waals surface area (Å²) >= 11 is 5.26. The maximum Gasteiger partial charge on any atom is 0.519 e. The van der Waals surface area contributed by atoms with Gasteiger partial charge in [0.15, 0.2) is 0 Å². The van der Waals surface area contributed by atoms with Gasteiger partial charge in [0.05, 0.1) is 13.2 Å². The van der Waals surface area contributed by atoms with Gasteiger partial charge in [-0.05, 0) is 255 Å². The molecule has 0 aromatic carbocycles. The van der Waals surface area contributed by atoms with Gasteiger partial charge in [-0.1, -0.05) is 6.42 Å². The first-order chi connectivity index (χ1) is 49.0. The molecular weight excluding hydrogens is 1590 g/mol. The molecule has 0 aromatic heterocycles. The molecule has 112 heavy (non-hydrogen) atoms. The van der Waals surface area contributed by atoms with E-state index in [0.717, 1.165) is 25.7 Å². The van der Waals surface area contributed by atoms with Gasteiger partial charge in [-0.15, -0.1) is 12.4 Å². The Labute approximate surface area is 693 Å². The number of carboxylic acid groups (broad SMARTS) is 2. The molecule has 0 saturated heterocycles. The van der Waals surface area contributed by atoms with Gasteiger partial charge in [0.25, 0.3) is 0 Å². The molecule has 0 aliphatic heterocycles. The van der Waals surface area contributed by atoms with Crippen LogP contribution in [-0.2, 0) is 71.3 Å². The highest BCUT2D eigenvalue weighted by Gasteiger charge is 2.29. The Morgan fingerprint density at radius 2 is 0.643 bits per heavy atom. The van der Waals surface area contributed by atoms with Crippen LogP contribution in [0, 0.1) is 0 Å². The highest BCUT2D eigenvalue weighted by Crippen LogP contribution is 2.15. The number of nitrogens with two attached hydrogens (primary N) is 4. The van der Waals surface area contributed by atoms with Crippen molar-refractivity contribution in [2.24, 2.45) is 22.9 Å².